The fourth-order valence-electron chi connectivity index (χ4n) is 3.35. The van der Waals surface area contributed by atoms with Crippen molar-refractivity contribution in [2.75, 3.05) is 51.8 Å². The number of methoxy groups -OCH3 is 1. The van der Waals surface area contributed by atoms with Crippen molar-refractivity contribution in [3.05, 3.63) is 36.0 Å². The molecular weight excluding hydrogens is 495 g/mol. The molecule has 1 aliphatic heterocycles. The van der Waals surface area contributed by atoms with Crippen LogP contribution in [0.25, 0.3) is 0 Å². The minimum Gasteiger partial charge on any atom is -0.497 e. The standard InChI is InChI=1S/C21H32N6O2.HI/c1-16(2)20-24-19(29-25-20)6-5-11-23-21(22-3)27-14-12-26(13-15-27)17-7-9-18(28-4)10-8-17;/h7-10,16H,5-6,11-15H2,1-4H3,(H,22,23);1H. The van der Waals surface area contributed by atoms with Crippen molar-refractivity contribution in [1.29, 1.82) is 0 Å². The Labute approximate surface area is 196 Å². The highest BCUT2D eigenvalue weighted by molar-refractivity contribution is 14.0. The molecule has 1 fully saturated rings. The fourth-order valence-corrected chi connectivity index (χ4v) is 3.35. The first-order chi connectivity index (χ1) is 14.1. The predicted octanol–water partition coefficient (Wildman–Crippen LogP) is 3.15. The van der Waals surface area contributed by atoms with Gasteiger partial charge in [0.15, 0.2) is 11.8 Å². The lowest BCUT2D eigenvalue weighted by Gasteiger charge is -2.37. The normalized spacial score (nSPS) is 14.6. The number of piperazine rings is 1. The summed E-state index contributed by atoms with van der Waals surface area (Å²) >= 11 is 0. The Hall–Kier alpha value is -2.04. The van der Waals surface area contributed by atoms with Crippen LogP contribution >= 0.6 is 24.0 Å². The fraction of sp³-hybridized carbons (Fsp3) is 0.571. The van der Waals surface area contributed by atoms with Crippen molar-refractivity contribution >= 4 is 35.6 Å². The molecule has 1 saturated heterocycles. The third-order valence-corrected chi connectivity index (χ3v) is 5.08. The number of nitrogens with one attached hydrogen (secondary N) is 1. The Kier molecular flexibility index (Phi) is 9.67. The van der Waals surface area contributed by atoms with Gasteiger partial charge in [0.2, 0.25) is 5.89 Å². The molecule has 0 unspecified atom stereocenters. The van der Waals surface area contributed by atoms with Crippen molar-refractivity contribution in [2.45, 2.75) is 32.6 Å². The van der Waals surface area contributed by atoms with E-state index in [0.717, 1.165) is 63.1 Å². The summed E-state index contributed by atoms with van der Waals surface area (Å²) in [6.45, 7) is 8.76. The topological polar surface area (TPSA) is 79.0 Å². The smallest absolute Gasteiger partial charge is 0.226 e. The lowest BCUT2D eigenvalue weighted by molar-refractivity contribution is 0.363. The SMILES string of the molecule is CN=C(NCCCc1nc(C(C)C)no1)N1CCN(c2ccc(OC)cc2)CC1.I. The zero-order valence-electron chi connectivity index (χ0n) is 18.3. The lowest BCUT2D eigenvalue weighted by atomic mass is 10.2. The minimum atomic E-state index is 0. The van der Waals surface area contributed by atoms with Gasteiger partial charge in [-0.25, -0.2) is 0 Å². The number of hydrogen-bond acceptors (Lipinski definition) is 6. The second-order valence-electron chi connectivity index (χ2n) is 7.45. The molecular formula is C21H33IN6O2. The summed E-state index contributed by atoms with van der Waals surface area (Å²) in [6, 6.07) is 8.25. The molecule has 0 saturated carbocycles. The zero-order chi connectivity index (χ0) is 20.6. The van der Waals surface area contributed by atoms with Crippen LogP contribution < -0.4 is 15.0 Å². The van der Waals surface area contributed by atoms with Gasteiger partial charge in [0.05, 0.1) is 7.11 Å². The number of ether oxygens (including phenoxy) is 1. The number of benzene rings is 1. The first kappa shape index (κ1) is 24.2. The molecule has 0 radical (unpaired) electrons. The van der Waals surface area contributed by atoms with Crippen molar-refractivity contribution in [1.82, 2.24) is 20.4 Å². The summed E-state index contributed by atoms with van der Waals surface area (Å²) < 4.78 is 10.5. The summed E-state index contributed by atoms with van der Waals surface area (Å²) in [5.41, 5.74) is 1.23. The first-order valence-electron chi connectivity index (χ1n) is 10.3. The molecule has 1 aromatic heterocycles. The Morgan fingerprint density at radius 3 is 2.47 bits per heavy atom. The molecule has 1 N–H and O–H groups in total. The van der Waals surface area contributed by atoms with Gasteiger partial charge < -0.3 is 24.4 Å². The molecule has 2 aromatic rings. The van der Waals surface area contributed by atoms with Crippen molar-refractivity contribution in [3.63, 3.8) is 0 Å². The molecule has 8 nitrogen and oxygen atoms in total. The van der Waals surface area contributed by atoms with Crippen molar-refractivity contribution in [2.24, 2.45) is 4.99 Å². The van der Waals surface area contributed by atoms with Gasteiger partial charge in [-0.05, 0) is 30.7 Å². The van der Waals surface area contributed by atoms with E-state index in [1.165, 1.54) is 5.69 Å². The van der Waals surface area contributed by atoms with Gasteiger partial charge in [-0.1, -0.05) is 19.0 Å². The molecule has 1 aliphatic rings. The Morgan fingerprint density at radius 1 is 1.20 bits per heavy atom. The number of hydrogen-bond donors (Lipinski definition) is 1. The average molecular weight is 528 g/mol. The number of aryl methyl sites for hydroxylation is 1. The van der Waals surface area contributed by atoms with Crippen LogP contribution in [0, 0.1) is 0 Å². The Bertz CT molecular complexity index is 785. The molecule has 0 spiro atoms. The van der Waals surface area contributed by atoms with E-state index in [2.05, 4.69) is 56.2 Å². The van der Waals surface area contributed by atoms with Gasteiger partial charge in [-0.15, -0.1) is 24.0 Å². The molecule has 9 heteroatoms. The van der Waals surface area contributed by atoms with E-state index in [0.29, 0.717) is 11.8 Å². The highest BCUT2D eigenvalue weighted by atomic mass is 127. The van der Waals surface area contributed by atoms with Gasteiger partial charge >= 0.3 is 0 Å². The number of aliphatic imine (C=N–C) groups is 1. The second-order valence-corrected chi connectivity index (χ2v) is 7.45. The molecule has 0 amide bonds. The van der Waals surface area contributed by atoms with Gasteiger partial charge in [-0.3, -0.25) is 4.99 Å². The summed E-state index contributed by atoms with van der Waals surface area (Å²) in [4.78, 5) is 13.6. The number of guanidine groups is 1. The van der Waals surface area contributed by atoms with Crippen LogP contribution in [0.15, 0.2) is 33.8 Å². The molecule has 0 atom stereocenters. The van der Waals surface area contributed by atoms with Gasteiger partial charge in [-0.2, -0.15) is 4.98 Å². The van der Waals surface area contributed by atoms with Crippen molar-refractivity contribution in [3.8, 4) is 5.75 Å². The minimum absolute atomic E-state index is 0. The molecule has 166 valence electrons. The number of halogens is 1. The summed E-state index contributed by atoms with van der Waals surface area (Å²) in [6.07, 6.45) is 1.69. The quantitative estimate of drug-likeness (QED) is 0.256. The van der Waals surface area contributed by atoms with E-state index >= 15 is 0 Å². The zero-order valence-corrected chi connectivity index (χ0v) is 20.6. The maximum atomic E-state index is 5.30. The van der Waals surface area contributed by atoms with Crippen LogP contribution in [0.2, 0.25) is 0 Å². The van der Waals surface area contributed by atoms with E-state index in [1.54, 1.807) is 7.11 Å². The summed E-state index contributed by atoms with van der Waals surface area (Å²) in [7, 11) is 3.53. The van der Waals surface area contributed by atoms with Crippen LogP contribution in [-0.4, -0.2) is 67.9 Å². The molecule has 2 heterocycles. The second kappa shape index (κ2) is 12.0. The van der Waals surface area contributed by atoms with Crippen LogP contribution in [-0.2, 0) is 6.42 Å². The Balaban J connectivity index is 0.00000320. The molecule has 3 rings (SSSR count). The largest absolute Gasteiger partial charge is 0.497 e. The maximum absolute atomic E-state index is 5.30. The predicted molar refractivity (Wildman–Crippen MR) is 130 cm³/mol. The Morgan fingerprint density at radius 2 is 1.90 bits per heavy atom. The number of nitrogens with zero attached hydrogens (tertiary/aromatic N) is 5. The molecule has 1 aromatic carbocycles. The monoisotopic (exact) mass is 528 g/mol. The van der Waals surface area contributed by atoms with Crippen LogP contribution in [0.3, 0.4) is 0 Å². The van der Waals surface area contributed by atoms with Crippen molar-refractivity contribution < 1.29 is 9.26 Å². The maximum Gasteiger partial charge on any atom is 0.226 e. The molecule has 0 bridgehead atoms. The highest BCUT2D eigenvalue weighted by Gasteiger charge is 2.19. The highest BCUT2D eigenvalue weighted by Crippen LogP contribution is 2.20. The first-order valence-corrected chi connectivity index (χ1v) is 10.3. The van der Waals surface area contributed by atoms with E-state index in [-0.39, 0.29) is 24.0 Å². The van der Waals surface area contributed by atoms with E-state index in [9.17, 15) is 0 Å². The van der Waals surface area contributed by atoms with Crippen LogP contribution in [0.4, 0.5) is 5.69 Å². The molecule has 0 aliphatic carbocycles. The van der Waals surface area contributed by atoms with Crippen LogP contribution in [0.5, 0.6) is 5.75 Å². The van der Waals surface area contributed by atoms with Crippen LogP contribution in [0.1, 0.15) is 37.9 Å². The number of anilines is 1. The lowest BCUT2D eigenvalue weighted by Crippen LogP contribution is -2.52. The van der Waals surface area contributed by atoms with E-state index < -0.39 is 0 Å². The number of rotatable bonds is 7. The van der Waals surface area contributed by atoms with E-state index in [1.807, 2.05) is 19.2 Å². The van der Waals surface area contributed by atoms with Gasteiger partial charge in [0, 0.05) is 57.8 Å². The average Bonchev–Trinajstić information content (AvgIpc) is 3.23. The molecule has 30 heavy (non-hydrogen) atoms. The van der Waals surface area contributed by atoms with E-state index in [4.69, 9.17) is 9.26 Å². The summed E-state index contributed by atoms with van der Waals surface area (Å²) in [5.74, 6) is 3.61. The third kappa shape index (κ3) is 6.48. The van der Waals surface area contributed by atoms with Gasteiger partial charge in [0.1, 0.15) is 5.75 Å². The summed E-state index contributed by atoms with van der Waals surface area (Å²) in [5, 5.41) is 7.47. The number of aromatic nitrogens is 2. The third-order valence-electron chi connectivity index (χ3n) is 5.08. The van der Waals surface area contributed by atoms with Gasteiger partial charge in [0.25, 0.3) is 0 Å².